The Morgan fingerprint density at radius 2 is 2.25 bits per heavy atom. The van der Waals surface area contributed by atoms with Gasteiger partial charge in [-0.3, -0.25) is 0 Å². The molecule has 0 saturated heterocycles. The van der Waals surface area contributed by atoms with Crippen LogP contribution in [0.1, 0.15) is 0 Å². The van der Waals surface area contributed by atoms with Crippen LogP contribution in [-0.4, -0.2) is 13.5 Å². The second-order valence-corrected chi connectivity index (χ2v) is 1.22. The van der Waals surface area contributed by atoms with Crippen molar-refractivity contribution in [3.05, 3.63) is 0 Å². The first-order valence-corrected chi connectivity index (χ1v) is 2.60. The Bertz CT molecular complexity index is 22.0. The SMILES string of the molecule is CPB=O. The van der Waals surface area contributed by atoms with Crippen LogP contribution in [0.3, 0.4) is 0 Å². The number of hydrogen-bond acceptors (Lipinski definition) is 1. The van der Waals surface area contributed by atoms with E-state index in [-0.39, 0.29) is 0 Å². The molecule has 0 aromatic heterocycles. The van der Waals surface area contributed by atoms with E-state index in [2.05, 4.69) is 0 Å². The zero-order valence-electron chi connectivity index (χ0n) is 2.49. The van der Waals surface area contributed by atoms with Crippen molar-refractivity contribution in [2.45, 2.75) is 0 Å². The Balaban J connectivity index is 2.30. The van der Waals surface area contributed by atoms with Gasteiger partial charge in [-0.1, -0.05) is 0 Å². The van der Waals surface area contributed by atoms with E-state index in [4.69, 9.17) is 0 Å². The topological polar surface area (TPSA) is 17.1 Å². The molecule has 0 aliphatic heterocycles. The third-order valence-electron chi connectivity index (χ3n) is 0.118. The van der Waals surface area contributed by atoms with Crippen LogP contribution in [0.15, 0.2) is 0 Å². The molecule has 0 aliphatic rings. The van der Waals surface area contributed by atoms with E-state index in [0.29, 0.717) is 8.46 Å². The van der Waals surface area contributed by atoms with Gasteiger partial charge >= 0.3 is 26.7 Å². The molecule has 0 aliphatic carbocycles. The Kier molecular flexibility index (Phi) is 3.54. The van der Waals surface area contributed by atoms with Crippen LogP contribution in [0.5, 0.6) is 0 Å². The first kappa shape index (κ1) is 4.29. The van der Waals surface area contributed by atoms with Crippen molar-refractivity contribution in [1.29, 1.82) is 0 Å². The zero-order valence-corrected chi connectivity index (χ0v) is 3.49. The summed E-state index contributed by atoms with van der Waals surface area (Å²) in [7, 11) is 0.460. The molecule has 1 atom stereocenters. The Morgan fingerprint density at radius 1 is 2.00 bits per heavy atom. The van der Waals surface area contributed by atoms with Gasteiger partial charge in [0.2, 0.25) is 0 Å². The second kappa shape index (κ2) is 3.29. The van der Waals surface area contributed by atoms with Crippen LogP contribution in [0, 0.1) is 0 Å². The third-order valence-corrected chi connectivity index (χ3v) is 0.354. The summed E-state index contributed by atoms with van der Waals surface area (Å²) in [4.78, 5) is 0. The van der Waals surface area contributed by atoms with Crippen LogP contribution < -0.4 is 0 Å². The van der Waals surface area contributed by atoms with Gasteiger partial charge in [0.1, 0.15) is 0 Å². The summed E-state index contributed by atoms with van der Waals surface area (Å²) >= 11 is 0. The van der Waals surface area contributed by atoms with Crippen molar-refractivity contribution in [2.75, 3.05) is 6.66 Å². The van der Waals surface area contributed by atoms with Crippen molar-refractivity contribution >= 4 is 15.3 Å². The van der Waals surface area contributed by atoms with Gasteiger partial charge in [0.15, 0.2) is 0 Å². The Morgan fingerprint density at radius 3 is 2.25 bits per heavy atom. The molecule has 0 fully saturated rings. The number of rotatable bonds is 1. The predicted octanol–water partition coefficient (Wildman–Crippen LogP) is 0.259. The summed E-state index contributed by atoms with van der Waals surface area (Å²) in [6.07, 6.45) is 0. The van der Waals surface area contributed by atoms with Crippen LogP contribution in [0.2, 0.25) is 0 Å². The molecule has 0 aromatic carbocycles. The van der Waals surface area contributed by atoms with Crippen molar-refractivity contribution < 1.29 is 4.70 Å². The quantitative estimate of drug-likeness (QED) is 0.322. The van der Waals surface area contributed by atoms with Crippen molar-refractivity contribution in [1.82, 2.24) is 0 Å². The second-order valence-electron chi connectivity index (χ2n) is 0.407. The standard InChI is InChI=1S/CH4BOP/c1-4-2-3/h4H,1H3. The van der Waals surface area contributed by atoms with E-state index in [9.17, 15) is 4.70 Å². The molecule has 22 valence electrons. The number of hydrogen-bond donors (Lipinski definition) is 0. The predicted molar refractivity (Wildman–Crippen MR) is 20.7 cm³/mol. The molecular weight excluding hydrogens is 69.8 g/mol. The monoisotopic (exact) mass is 74.0 g/mol. The Hall–Kier alpha value is 0.295. The minimum atomic E-state index is 0.460. The molecule has 0 N–H and O–H groups in total. The van der Waals surface area contributed by atoms with E-state index >= 15 is 0 Å². The van der Waals surface area contributed by atoms with Gasteiger partial charge in [0.25, 0.3) is 0 Å². The molecule has 0 bridgehead atoms. The normalized spacial score (nSPS) is 8.25. The van der Waals surface area contributed by atoms with Crippen LogP contribution in [-0.2, 0) is 4.70 Å². The molecule has 0 aromatic rings. The maximum absolute atomic E-state index is 9.19. The van der Waals surface area contributed by atoms with Crippen LogP contribution in [0.4, 0.5) is 0 Å². The first-order valence-electron chi connectivity index (χ1n) is 1.02. The molecule has 1 unspecified atom stereocenters. The van der Waals surface area contributed by atoms with E-state index in [1.54, 1.807) is 0 Å². The van der Waals surface area contributed by atoms with Gasteiger partial charge in [0, 0.05) is 0 Å². The molecular formula is CH4BOP. The summed E-state index contributed by atoms with van der Waals surface area (Å²) in [5.74, 6) is 0. The molecule has 0 amide bonds. The summed E-state index contributed by atoms with van der Waals surface area (Å²) in [6, 6.07) is 0. The zero-order chi connectivity index (χ0) is 3.41. The Labute approximate surface area is 27.8 Å². The summed E-state index contributed by atoms with van der Waals surface area (Å²) in [6.45, 7) is 2.74. The summed E-state index contributed by atoms with van der Waals surface area (Å²) in [5, 5.41) is 0. The van der Waals surface area contributed by atoms with Crippen molar-refractivity contribution in [2.24, 2.45) is 0 Å². The fourth-order valence-corrected chi connectivity index (χ4v) is 0. The van der Waals surface area contributed by atoms with E-state index in [0.717, 1.165) is 6.87 Å². The van der Waals surface area contributed by atoms with Gasteiger partial charge in [-0.05, 0) is 0 Å². The molecule has 3 heteroatoms. The molecule has 0 spiro atoms. The van der Waals surface area contributed by atoms with Gasteiger partial charge in [-0.25, -0.2) is 0 Å². The molecule has 0 radical (unpaired) electrons. The van der Waals surface area contributed by atoms with Gasteiger partial charge in [-0.15, -0.1) is 0 Å². The third kappa shape index (κ3) is 2.29. The van der Waals surface area contributed by atoms with E-state index in [1.165, 1.54) is 0 Å². The fourth-order valence-electron chi connectivity index (χ4n) is 0. The van der Waals surface area contributed by atoms with Crippen LogP contribution >= 0.6 is 8.46 Å². The summed E-state index contributed by atoms with van der Waals surface area (Å²) in [5.41, 5.74) is 0. The first-order chi connectivity index (χ1) is 1.91. The van der Waals surface area contributed by atoms with E-state index < -0.39 is 0 Å². The average Bonchev–Trinajstić information content (AvgIpc) is 1.37. The average molecular weight is 73.8 g/mol. The summed E-state index contributed by atoms with van der Waals surface area (Å²) < 4.78 is 9.19. The van der Waals surface area contributed by atoms with Gasteiger partial charge in [0.05, 0.1) is 0 Å². The fraction of sp³-hybridized carbons (Fsp3) is 1.00. The van der Waals surface area contributed by atoms with Crippen LogP contribution in [0.25, 0.3) is 0 Å². The minimum absolute atomic E-state index is 0.460. The van der Waals surface area contributed by atoms with Crippen molar-refractivity contribution in [3.8, 4) is 0 Å². The maximum atomic E-state index is 9.19. The molecule has 1 nitrogen and oxygen atoms in total. The van der Waals surface area contributed by atoms with E-state index in [1.807, 2.05) is 6.66 Å². The van der Waals surface area contributed by atoms with Gasteiger partial charge in [-0.2, -0.15) is 0 Å². The van der Waals surface area contributed by atoms with Crippen molar-refractivity contribution in [3.63, 3.8) is 0 Å². The molecule has 0 rings (SSSR count). The molecule has 4 heavy (non-hydrogen) atoms. The molecule has 0 saturated carbocycles. The molecule has 0 heterocycles. The van der Waals surface area contributed by atoms with Gasteiger partial charge < -0.3 is 0 Å².